The molecule has 0 atom stereocenters. The SMILES string of the molecule is CCCc1ccc(-c2ccc(C(=O)Oc3ccc(OC(=O)c4ccc(-c5ccc(CCC)cn5)cc4)c(C#N)c3C#N)cc2)nc1. The molecule has 0 N–H and O–H groups in total. The van der Waals surface area contributed by atoms with Crippen LogP contribution in [0.1, 0.15) is 69.7 Å². The van der Waals surface area contributed by atoms with Gasteiger partial charge >= 0.3 is 11.9 Å². The Balaban J connectivity index is 1.28. The molecule has 2 heterocycles. The Labute approximate surface area is 267 Å². The first-order chi connectivity index (χ1) is 22.4. The van der Waals surface area contributed by atoms with Crippen molar-refractivity contribution in [2.45, 2.75) is 39.5 Å². The van der Waals surface area contributed by atoms with Gasteiger partial charge < -0.3 is 9.47 Å². The lowest BCUT2D eigenvalue weighted by Gasteiger charge is -2.11. The van der Waals surface area contributed by atoms with Crippen molar-refractivity contribution in [3.8, 4) is 46.2 Å². The van der Waals surface area contributed by atoms with Crippen LogP contribution in [0, 0.1) is 22.7 Å². The summed E-state index contributed by atoms with van der Waals surface area (Å²) in [7, 11) is 0. The fraction of sp³-hybridized carbons (Fsp3) is 0.158. The largest absolute Gasteiger partial charge is 0.421 e. The number of esters is 2. The maximum Gasteiger partial charge on any atom is 0.343 e. The van der Waals surface area contributed by atoms with Crippen molar-refractivity contribution in [2.75, 3.05) is 0 Å². The Morgan fingerprint density at radius 2 is 0.978 bits per heavy atom. The van der Waals surface area contributed by atoms with Gasteiger partial charge in [0.05, 0.1) is 22.5 Å². The lowest BCUT2D eigenvalue weighted by atomic mass is 10.1. The topological polar surface area (TPSA) is 126 Å². The lowest BCUT2D eigenvalue weighted by molar-refractivity contribution is 0.0718. The lowest BCUT2D eigenvalue weighted by Crippen LogP contribution is -2.12. The number of nitrogens with zero attached hydrogens (tertiary/aromatic N) is 4. The number of aryl methyl sites for hydroxylation is 2. The highest BCUT2D eigenvalue weighted by molar-refractivity contribution is 5.93. The van der Waals surface area contributed by atoms with E-state index < -0.39 is 11.9 Å². The molecule has 0 spiro atoms. The number of hydrogen-bond acceptors (Lipinski definition) is 8. The van der Waals surface area contributed by atoms with Crippen LogP contribution < -0.4 is 9.47 Å². The third kappa shape index (κ3) is 7.15. The Kier molecular flexibility index (Phi) is 9.92. The van der Waals surface area contributed by atoms with Crippen molar-refractivity contribution in [1.82, 2.24) is 9.97 Å². The van der Waals surface area contributed by atoms with Crippen LogP contribution in [-0.4, -0.2) is 21.9 Å². The van der Waals surface area contributed by atoms with Gasteiger partial charge in [0, 0.05) is 23.5 Å². The van der Waals surface area contributed by atoms with E-state index in [2.05, 4.69) is 23.8 Å². The first-order valence-electron chi connectivity index (χ1n) is 15.0. The number of carbonyl (C=O) groups excluding carboxylic acids is 2. The maximum absolute atomic E-state index is 12.9. The van der Waals surface area contributed by atoms with Gasteiger partial charge in [-0.2, -0.15) is 10.5 Å². The number of aromatic nitrogens is 2. The smallest absolute Gasteiger partial charge is 0.343 e. The monoisotopic (exact) mass is 606 g/mol. The van der Waals surface area contributed by atoms with Crippen LogP contribution in [0.5, 0.6) is 11.5 Å². The predicted molar refractivity (Wildman–Crippen MR) is 173 cm³/mol. The van der Waals surface area contributed by atoms with Gasteiger partial charge in [0.25, 0.3) is 0 Å². The summed E-state index contributed by atoms with van der Waals surface area (Å²) in [6.07, 6.45) is 7.69. The van der Waals surface area contributed by atoms with E-state index in [4.69, 9.17) is 9.47 Å². The van der Waals surface area contributed by atoms with Crippen molar-refractivity contribution in [3.05, 3.63) is 131 Å². The molecular formula is C38H30N4O4. The molecule has 5 aromatic rings. The molecule has 226 valence electrons. The van der Waals surface area contributed by atoms with Gasteiger partial charge in [-0.05, 0) is 72.5 Å². The Hall–Kier alpha value is -6.12. The van der Waals surface area contributed by atoms with Crippen LogP contribution in [0.4, 0.5) is 0 Å². The minimum Gasteiger partial charge on any atom is -0.421 e. The molecule has 5 rings (SSSR count). The first kappa shape index (κ1) is 31.3. The number of hydrogen-bond donors (Lipinski definition) is 0. The number of rotatable bonds is 10. The second kappa shape index (κ2) is 14.6. The fourth-order valence-corrected chi connectivity index (χ4v) is 4.89. The molecular weight excluding hydrogens is 576 g/mol. The minimum atomic E-state index is -0.711. The second-order valence-electron chi connectivity index (χ2n) is 10.6. The molecule has 8 nitrogen and oxygen atoms in total. The number of ether oxygens (including phenoxy) is 2. The zero-order valence-corrected chi connectivity index (χ0v) is 25.5. The molecule has 0 fully saturated rings. The van der Waals surface area contributed by atoms with E-state index in [-0.39, 0.29) is 33.8 Å². The van der Waals surface area contributed by atoms with Gasteiger partial charge in [-0.15, -0.1) is 0 Å². The van der Waals surface area contributed by atoms with E-state index in [9.17, 15) is 20.1 Å². The van der Waals surface area contributed by atoms with Crippen LogP contribution in [0.2, 0.25) is 0 Å². The highest BCUT2D eigenvalue weighted by Gasteiger charge is 2.21. The van der Waals surface area contributed by atoms with E-state index in [1.165, 1.54) is 12.1 Å². The summed E-state index contributed by atoms with van der Waals surface area (Å²) < 4.78 is 11.0. The Bertz CT molecular complexity index is 1790. The normalized spacial score (nSPS) is 10.4. The van der Waals surface area contributed by atoms with Crippen LogP contribution in [0.15, 0.2) is 97.3 Å². The fourth-order valence-electron chi connectivity index (χ4n) is 4.89. The molecule has 46 heavy (non-hydrogen) atoms. The van der Waals surface area contributed by atoms with Crippen molar-refractivity contribution >= 4 is 11.9 Å². The number of benzene rings is 3. The first-order valence-corrected chi connectivity index (χ1v) is 15.0. The number of carbonyl (C=O) groups is 2. The maximum atomic E-state index is 12.9. The van der Waals surface area contributed by atoms with Gasteiger partial charge in [-0.1, -0.05) is 63.1 Å². The van der Waals surface area contributed by atoms with Crippen molar-refractivity contribution in [2.24, 2.45) is 0 Å². The summed E-state index contributed by atoms with van der Waals surface area (Å²) in [4.78, 5) is 34.9. The third-order valence-corrected chi connectivity index (χ3v) is 7.32. The van der Waals surface area contributed by atoms with Crippen LogP contribution in [-0.2, 0) is 12.8 Å². The van der Waals surface area contributed by atoms with Crippen LogP contribution >= 0.6 is 0 Å². The molecule has 3 aromatic carbocycles. The quantitative estimate of drug-likeness (QED) is 0.116. The average Bonchev–Trinajstić information content (AvgIpc) is 3.09. The molecule has 0 saturated heterocycles. The average molecular weight is 607 g/mol. The third-order valence-electron chi connectivity index (χ3n) is 7.32. The second-order valence-corrected chi connectivity index (χ2v) is 10.6. The number of nitriles is 2. The summed E-state index contributed by atoms with van der Waals surface area (Å²) in [5, 5.41) is 19.7. The van der Waals surface area contributed by atoms with Gasteiger partial charge in [0.2, 0.25) is 0 Å². The van der Waals surface area contributed by atoms with Crippen molar-refractivity contribution in [1.29, 1.82) is 10.5 Å². The standard InChI is InChI=1S/C38H30N4O4/c1-3-5-25-7-17-33(41-23-25)27-9-13-29(14-10-27)37(43)45-35-19-20-36(32(22-40)31(35)21-39)46-38(44)30-15-11-28(12-16-30)34-18-8-26(6-4-2)24-42-34/h7-20,23-24H,3-6H2,1-2H3. The van der Waals surface area contributed by atoms with Crippen LogP contribution in [0.3, 0.4) is 0 Å². The molecule has 0 aliphatic heterocycles. The van der Waals surface area contributed by atoms with E-state index in [1.54, 1.807) is 48.5 Å². The van der Waals surface area contributed by atoms with Crippen LogP contribution in [0.25, 0.3) is 22.5 Å². The molecule has 8 heteroatoms. The molecule has 0 bridgehead atoms. The summed E-state index contributed by atoms with van der Waals surface area (Å²) in [5.41, 5.74) is 5.61. The number of pyridine rings is 2. The summed E-state index contributed by atoms with van der Waals surface area (Å²) in [6.45, 7) is 4.23. The summed E-state index contributed by atoms with van der Waals surface area (Å²) >= 11 is 0. The van der Waals surface area contributed by atoms with E-state index in [1.807, 2.05) is 48.8 Å². The van der Waals surface area contributed by atoms with E-state index in [0.29, 0.717) is 0 Å². The van der Waals surface area contributed by atoms with E-state index in [0.717, 1.165) is 59.3 Å². The Morgan fingerprint density at radius 1 is 0.587 bits per heavy atom. The predicted octanol–water partition coefficient (Wildman–Crippen LogP) is 7.90. The summed E-state index contributed by atoms with van der Waals surface area (Å²) in [5.74, 6) is -1.67. The van der Waals surface area contributed by atoms with Gasteiger partial charge in [0.15, 0.2) is 11.5 Å². The highest BCUT2D eigenvalue weighted by Crippen LogP contribution is 2.31. The van der Waals surface area contributed by atoms with Crippen molar-refractivity contribution < 1.29 is 19.1 Å². The molecule has 0 unspecified atom stereocenters. The molecule has 0 aliphatic carbocycles. The molecule has 0 aliphatic rings. The molecule has 0 saturated carbocycles. The van der Waals surface area contributed by atoms with Gasteiger partial charge in [-0.25, -0.2) is 9.59 Å². The zero-order valence-electron chi connectivity index (χ0n) is 25.5. The summed E-state index contributed by atoms with van der Waals surface area (Å²) in [6, 6.07) is 27.9. The van der Waals surface area contributed by atoms with Gasteiger partial charge in [0.1, 0.15) is 23.3 Å². The minimum absolute atomic E-state index is 0.122. The van der Waals surface area contributed by atoms with Crippen molar-refractivity contribution in [3.63, 3.8) is 0 Å². The highest BCUT2D eigenvalue weighted by atomic mass is 16.5. The molecule has 0 amide bonds. The molecule has 0 radical (unpaired) electrons. The Morgan fingerprint density at radius 3 is 1.28 bits per heavy atom. The molecule has 2 aromatic heterocycles. The zero-order chi connectivity index (χ0) is 32.5. The van der Waals surface area contributed by atoms with E-state index >= 15 is 0 Å². The van der Waals surface area contributed by atoms with Gasteiger partial charge in [-0.3, -0.25) is 9.97 Å².